The fourth-order valence-corrected chi connectivity index (χ4v) is 4.28. The first kappa shape index (κ1) is 20.0. The SMILES string of the molecule is CN(C)Cc1nc(NCc2cccc(C(N)=O)c2)c2c(-c3ccccc3)csc2n1. The van der Waals surface area contributed by atoms with Crippen LogP contribution in [0.25, 0.3) is 21.3 Å². The van der Waals surface area contributed by atoms with E-state index in [-0.39, 0.29) is 0 Å². The average molecular weight is 418 g/mol. The smallest absolute Gasteiger partial charge is 0.248 e. The first-order chi connectivity index (χ1) is 14.5. The van der Waals surface area contributed by atoms with E-state index < -0.39 is 5.91 Å². The van der Waals surface area contributed by atoms with Gasteiger partial charge in [0, 0.05) is 23.1 Å². The van der Waals surface area contributed by atoms with Gasteiger partial charge in [0.05, 0.1) is 11.9 Å². The molecule has 0 aliphatic rings. The summed E-state index contributed by atoms with van der Waals surface area (Å²) in [5, 5.41) is 6.61. The van der Waals surface area contributed by atoms with Gasteiger partial charge in [0.25, 0.3) is 0 Å². The third-order valence-electron chi connectivity index (χ3n) is 4.69. The van der Waals surface area contributed by atoms with E-state index >= 15 is 0 Å². The Morgan fingerprint density at radius 3 is 2.63 bits per heavy atom. The molecule has 4 aromatic rings. The van der Waals surface area contributed by atoms with Crippen molar-refractivity contribution < 1.29 is 4.79 Å². The van der Waals surface area contributed by atoms with Crippen LogP contribution in [0.4, 0.5) is 5.82 Å². The Morgan fingerprint density at radius 1 is 1.10 bits per heavy atom. The Balaban J connectivity index is 1.74. The van der Waals surface area contributed by atoms with Crippen LogP contribution in [0.3, 0.4) is 0 Å². The van der Waals surface area contributed by atoms with Crippen LogP contribution in [0.15, 0.2) is 60.0 Å². The number of fused-ring (bicyclic) bond motifs is 1. The lowest BCUT2D eigenvalue weighted by atomic mass is 10.1. The lowest BCUT2D eigenvalue weighted by Crippen LogP contribution is -2.15. The minimum Gasteiger partial charge on any atom is -0.366 e. The number of aromatic nitrogens is 2. The Morgan fingerprint density at radius 2 is 1.90 bits per heavy atom. The highest BCUT2D eigenvalue weighted by Gasteiger charge is 2.16. The summed E-state index contributed by atoms with van der Waals surface area (Å²) in [6, 6.07) is 17.6. The molecule has 2 heterocycles. The van der Waals surface area contributed by atoms with E-state index in [1.807, 2.05) is 49.3 Å². The summed E-state index contributed by atoms with van der Waals surface area (Å²) in [5.41, 5.74) is 9.12. The first-order valence-corrected chi connectivity index (χ1v) is 10.5. The second-order valence-electron chi connectivity index (χ2n) is 7.34. The van der Waals surface area contributed by atoms with E-state index in [4.69, 9.17) is 15.7 Å². The van der Waals surface area contributed by atoms with E-state index in [2.05, 4.69) is 22.8 Å². The number of carbonyl (C=O) groups excluding carboxylic acids is 1. The van der Waals surface area contributed by atoms with Crippen LogP contribution in [-0.2, 0) is 13.1 Å². The highest BCUT2D eigenvalue weighted by Crippen LogP contribution is 2.37. The molecule has 0 atom stereocenters. The zero-order valence-electron chi connectivity index (χ0n) is 16.9. The molecule has 0 spiro atoms. The molecule has 152 valence electrons. The molecule has 7 heteroatoms. The van der Waals surface area contributed by atoms with Crippen LogP contribution in [0.1, 0.15) is 21.7 Å². The van der Waals surface area contributed by atoms with Crippen molar-refractivity contribution in [2.75, 3.05) is 19.4 Å². The molecule has 0 aliphatic heterocycles. The summed E-state index contributed by atoms with van der Waals surface area (Å²) in [6.45, 7) is 1.18. The zero-order valence-corrected chi connectivity index (χ0v) is 17.7. The van der Waals surface area contributed by atoms with Crippen LogP contribution in [0, 0.1) is 0 Å². The summed E-state index contributed by atoms with van der Waals surface area (Å²) in [6.07, 6.45) is 0. The number of nitrogens with one attached hydrogen (secondary N) is 1. The third kappa shape index (κ3) is 4.32. The molecule has 0 bridgehead atoms. The summed E-state index contributed by atoms with van der Waals surface area (Å²) < 4.78 is 0. The molecule has 3 N–H and O–H groups in total. The highest BCUT2D eigenvalue weighted by atomic mass is 32.1. The Kier molecular flexibility index (Phi) is 5.74. The van der Waals surface area contributed by atoms with Crippen molar-refractivity contribution in [3.63, 3.8) is 0 Å². The standard InChI is InChI=1S/C23H23N5OS/c1-28(2)13-19-26-22(25-12-15-7-6-10-17(11-15)21(24)29)20-18(14-30-23(20)27-19)16-8-4-3-5-9-16/h3-11,14H,12-13H2,1-2H3,(H2,24,29)(H,25,26,27). The van der Waals surface area contributed by atoms with E-state index in [1.165, 1.54) is 0 Å². The van der Waals surface area contributed by atoms with Crippen LogP contribution in [0.2, 0.25) is 0 Å². The van der Waals surface area contributed by atoms with E-state index in [9.17, 15) is 4.79 Å². The lowest BCUT2D eigenvalue weighted by Gasteiger charge is -2.13. The molecule has 0 saturated heterocycles. The molecule has 0 unspecified atom stereocenters. The molecule has 2 aromatic carbocycles. The molecule has 0 saturated carbocycles. The normalized spacial score (nSPS) is 11.2. The molecule has 0 aliphatic carbocycles. The maximum absolute atomic E-state index is 11.5. The summed E-state index contributed by atoms with van der Waals surface area (Å²) in [7, 11) is 4.00. The number of thiophene rings is 1. The van der Waals surface area contributed by atoms with E-state index in [0.29, 0.717) is 18.7 Å². The third-order valence-corrected chi connectivity index (χ3v) is 5.57. The van der Waals surface area contributed by atoms with E-state index in [0.717, 1.165) is 38.5 Å². The maximum atomic E-state index is 11.5. The van der Waals surface area contributed by atoms with Crippen LogP contribution in [-0.4, -0.2) is 34.9 Å². The molecular weight excluding hydrogens is 394 g/mol. The fourth-order valence-electron chi connectivity index (χ4n) is 3.32. The molecule has 0 radical (unpaired) electrons. The van der Waals surface area contributed by atoms with Gasteiger partial charge in [0.2, 0.25) is 5.91 Å². The van der Waals surface area contributed by atoms with Gasteiger partial charge in [-0.3, -0.25) is 4.79 Å². The van der Waals surface area contributed by atoms with Crippen molar-refractivity contribution >= 4 is 33.3 Å². The van der Waals surface area contributed by atoms with Crippen LogP contribution in [0.5, 0.6) is 0 Å². The van der Waals surface area contributed by atoms with Gasteiger partial charge < -0.3 is 16.0 Å². The number of nitrogens with zero attached hydrogens (tertiary/aromatic N) is 3. The lowest BCUT2D eigenvalue weighted by molar-refractivity contribution is 0.1000. The molecular formula is C23H23N5OS. The number of hydrogen-bond donors (Lipinski definition) is 2. The van der Waals surface area contributed by atoms with Gasteiger partial charge >= 0.3 is 0 Å². The number of amides is 1. The Labute approximate surface area is 179 Å². The van der Waals surface area contributed by atoms with Gasteiger partial charge in [0.15, 0.2) is 0 Å². The quantitative estimate of drug-likeness (QED) is 0.472. The summed E-state index contributed by atoms with van der Waals surface area (Å²) in [4.78, 5) is 24.1. The fraction of sp³-hybridized carbons (Fsp3) is 0.174. The minimum absolute atomic E-state index is 0.432. The summed E-state index contributed by atoms with van der Waals surface area (Å²) >= 11 is 1.62. The second-order valence-corrected chi connectivity index (χ2v) is 8.20. The van der Waals surface area contributed by atoms with Gasteiger partial charge in [-0.15, -0.1) is 11.3 Å². The van der Waals surface area contributed by atoms with Crippen LogP contribution >= 0.6 is 11.3 Å². The van der Waals surface area contributed by atoms with Gasteiger partial charge in [-0.05, 0) is 37.4 Å². The Hall–Kier alpha value is -3.29. The minimum atomic E-state index is -0.432. The van der Waals surface area contributed by atoms with Crippen molar-refractivity contribution in [3.8, 4) is 11.1 Å². The first-order valence-electron chi connectivity index (χ1n) is 9.62. The number of hydrogen-bond acceptors (Lipinski definition) is 6. The Bertz CT molecular complexity index is 1190. The van der Waals surface area contributed by atoms with Gasteiger partial charge in [-0.25, -0.2) is 9.97 Å². The van der Waals surface area contributed by atoms with Gasteiger partial charge in [0.1, 0.15) is 16.5 Å². The molecule has 30 heavy (non-hydrogen) atoms. The second kappa shape index (κ2) is 8.61. The zero-order chi connectivity index (χ0) is 21.1. The molecule has 4 rings (SSSR count). The highest BCUT2D eigenvalue weighted by molar-refractivity contribution is 7.17. The van der Waals surface area contributed by atoms with Gasteiger partial charge in [-0.1, -0.05) is 42.5 Å². The van der Waals surface area contributed by atoms with Gasteiger partial charge in [-0.2, -0.15) is 0 Å². The molecule has 0 fully saturated rings. The maximum Gasteiger partial charge on any atom is 0.248 e. The molecule has 1 amide bonds. The topological polar surface area (TPSA) is 84.1 Å². The van der Waals surface area contributed by atoms with Crippen molar-refractivity contribution in [3.05, 3.63) is 76.9 Å². The van der Waals surface area contributed by atoms with Crippen molar-refractivity contribution in [2.45, 2.75) is 13.1 Å². The average Bonchev–Trinajstić information content (AvgIpc) is 3.16. The number of anilines is 1. The molecule has 6 nitrogen and oxygen atoms in total. The van der Waals surface area contributed by atoms with Crippen molar-refractivity contribution in [1.82, 2.24) is 14.9 Å². The number of benzene rings is 2. The predicted octanol–water partition coefficient (Wildman–Crippen LogP) is 4.13. The van der Waals surface area contributed by atoms with Crippen LogP contribution < -0.4 is 11.1 Å². The van der Waals surface area contributed by atoms with Crippen molar-refractivity contribution in [1.29, 1.82) is 0 Å². The number of primary amides is 1. The van der Waals surface area contributed by atoms with Crippen molar-refractivity contribution in [2.24, 2.45) is 5.73 Å². The number of nitrogens with two attached hydrogens (primary N) is 1. The largest absolute Gasteiger partial charge is 0.366 e. The summed E-state index contributed by atoms with van der Waals surface area (Å²) in [5.74, 6) is 1.13. The number of carbonyl (C=O) groups is 1. The number of rotatable bonds is 7. The van der Waals surface area contributed by atoms with E-state index in [1.54, 1.807) is 23.5 Å². The predicted molar refractivity (Wildman–Crippen MR) is 123 cm³/mol. The molecule has 2 aromatic heterocycles. The monoisotopic (exact) mass is 417 g/mol.